The number of aromatic nitrogens is 2. The highest BCUT2D eigenvalue weighted by molar-refractivity contribution is 8.00. The van der Waals surface area contributed by atoms with Crippen molar-refractivity contribution in [1.29, 1.82) is 0 Å². The zero-order chi connectivity index (χ0) is 25.5. The van der Waals surface area contributed by atoms with Crippen molar-refractivity contribution in [2.75, 3.05) is 17.2 Å². The van der Waals surface area contributed by atoms with E-state index >= 15 is 0 Å². The maximum Gasteiger partial charge on any atom is 0.240 e. The molecule has 1 aliphatic rings. The molecule has 0 saturated heterocycles. The molecule has 1 aromatic carbocycles. The second kappa shape index (κ2) is 9.82. The number of anilines is 1. The minimum atomic E-state index is -0.262. The van der Waals surface area contributed by atoms with Crippen LogP contribution in [-0.2, 0) is 15.0 Å². The number of nitrogens with one attached hydrogen (secondary N) is 1. The minimum absolute atomic E-state index is 0.00799. The minimum Gasteiger partial charge on any atom is -0.352 e. The average Bonchev–Trinajstić information content (AvgIpc) is 3.38. The second-order valence-electron chi connectivity index (χ2n) is 10.5. The van der Waals surface area contributed by atoms with Gasteiger partial charge in [0.05, 0.1) is 22.4 Å². The fraction of sp³-hybridized carbons (Fsp3) is 0.444. The Balaban J connectivity index is 2.02. The predicted octanol–water partition coefficient (Wildman–Crippen LogP) is 5.54. The SMILES string of the molecule is Cc1ccc(-n2nc(C(C)(C)C)c3c2N(CC(=O)NC(C)C)C(=O)CS[C@@H]3c2ccsc2)c(C)c1. The van der Waals surface area contributed by atoms with Gasteiger partial charge in [0.1, 0.15) is 12.4 Å². The standard InChI is InChI=1S/C27H34N4O2S2/c1-16(2)28-21(32)13-30-22(33)15-35-24(19-10-11-34-14-19)23-25(27(5,6)7)29-31(26(23)30)20-9-8-17(3)12-18(20)4/h8-12,14,16,24H,13,15H2,1-7H3,(H,28,32)/t24-/m1/s1. The van der Waals surface area contributed by atoms with Crippen molar-refractivity contribution in [3.8, 4) is 5.69 Å². The summed E-state index contributed by atoms with van der Waals surface area (Å²) >= 11 is 3.26. The van der Waals surface area contributed by atoms with Gasteiger partial charge in [-0.15, -0.1) is 11.8 Å². The van der Waals surface area contributed by atoms with Gasteiger partial charge >= 0.3 is 0 Å². The fourth-order valence-corrected chi connectivity index (χ4v) is 6.44. The summed E-state index contributed by atoms with van der Waals surface area (Å²) in [7, 11) is 0. The first-order valence-corrected chi connectivity index (χ1v) is 13.9. The molecule has 35 heavy (non-hydrogen) atoms. The van der Waals surface area contributed by atoms with Crippen LogP contribution in [0.2, 0.25) is 0 Å². The summed E-state index contributed by atoms with van der Waals surface area (Å²) in [6.45, 7) is 14.4. The third-order valence-electron chi connectivity index (χ3n) is 5.98. The van der Waals surface area contributed by atoms with Gasteiger partial charge in [0.15, 0.2) is 0 Å². The molecule has 0 aliphatic carbocycles. The Morgan fingerprint density at radius 3 is 2.57 bits per heavy atom. The molecule has 6 nitrogen and oxygen atoms in total. The lowest BCUT2D eigenvalue weighted by Gasteiger charge is -2.25. The van der Waals surface area contributed by atoms with E-state index < -0.39 is 0 Å². The molecule has 2 aromatic heterocycles. The molecule has 0 spiro atoms. The van der Waals surface area contributed by atoms with Crippen LogP contribution in [0.4, 0.5) is 5.82 Å². The number of hydrogen-bond acceptors (Lipinski definition) is 5. The van der Waals surface area contributed by atoms with Gasteiger partial charge < -0.3 is 5.32 Å². The Morgan fingerprint density at radius 2 is 1.97 bits per heavy atom. The van der Waals surface area contributed by atoms with E-state index in [-0.39, 0.29) is 35.1 Å². The van der Waals surface area contributed by atoms with E-state index in [1.54, 1.807) is 28.0 Å². The first kappa shape index (κ1) is 25.5. The van der Waals surface area contributed by atoms with Gasteiger partial charge in [-0.1, -0.05) is 38.5 Å². The number of nitrogens with zero attached hydrogens (tertiary/aromatic N) is 3. The van der Waals surface area contributed by atoms with Gasteiger partial charge in [0.2, 0.25) is 11.8 Å². The molecular formula is C27H34N4O2S2. The highest BCUT2D eigenvalue weighted by Crippen LogP contribution is 2.48. The highest BCUT2D eigenvalue weighted by atomic mass is 32.2. The van der Waals surface area contributed by atoms with Gasteiger partial charge in [0.25, 0.3) is 0 Å². The fourth-order valence-electron chi connectivity index (χ4n) is 4.48. The molecule has 1 aliphatic heterocycles. The molecule has 0 fully saturated rings. The molecule has 0 saturated carbocycles. The maximum atomic E-state index is 13.6. The lowest BCUT2D eigenvalue weighted by atomic mass is 9.87. The number of rotatable bonds is 5. The maximum absolute atomic E-state index is 13.6. The molecule has 3 heterocycles. The summed E-state index contributed by atoms with van der Waals surface area (Å²) in [4.78, 5) is 28.2. The molecular weight excluding hydrogens is 476 g/mol. The van der Waals surface area contributed by atoms with Gasteiger partial charge in [-0.3, -0.25) is 14.5 Å². The van der Waals surface area contributed by atoms with Crippen molar-refractivity contribution in [3.63, 3.8) is 0 Å². The lowest BCUT2D eigenvalue weighted by Crippen LogP contribution is -2.44. The van der Waals surface area contributed by atoms with E-state index in [9.17, 15) is 9.59 Å². The molecule has 3 aromatic rings. The Kier molecular flexibility index (Phi) is 7.16. The van der Waals surface area contributed by atoms with Crippen LogP contribution in [0.15, 0.2) is 35.0 Å². The molecule has 0 bridgehead atoms. The van der Waals surface area contributed by atoms with E-state index in [1.807, 2.05) is 18.5 Å². The molecule has 4 rings (SSSR count). The molecule has 8 heteroatoms. The van der Waals surface area contributed by atoms with Crippen LogP contribution >= 0.6 is 23.1 Å². The average molecular weight is 511 g/mol. The predicted molar refractivity (Wildman–Crippen MR) is 146 cm³/mol. The van der Waals surface area contributed by atoms with Gasteiger partial charge in [-0.25, -0.2) is 4.68 Å². The third kappa shape index (κ3) is 5.19. The molecule has 2 amide bonds. The van der Waals surface area contributed by atoms with Crippen LogP contribution in [0.3, 0.4) is 0 Å². The van der Waals surface area contributed by atoms with Crippen molar-refractivity contribution < 1.29 is 9.59 Å². The molecule has 0 radical (unpaired) electrons. The van der Waals surface area contributed by atoms with Crippen LogP contribution in [0.1, 0.15) is 67.8 Å². The number of amides is 2. The van der Waals surface area contributed by atoms with Gasteiger partial charge in [-0.2, -0.15) is 16.4 Å². The number of thiophene rings is 1. The smallest absolute Gasteiger partial charge is 0.240 e. The summed E-state index contributed by atoms with van der Waals surface area (Å²) in [5.41, 5.74) is 6.01. The zero-order valence-corrected chi connectivity index (χ0v) is 23.1. The summed E-state index contributed by atoms with van der Waals surface area (Å²) < 4.78 is 1.90. The lowest BCUT2D eigenvalue weighted by molar-refractivity contribution is -0.123. The summed E-state index contributed by atoms with van der Waals surface area (Å²) in [6, 6.07) is 8.36. The third-order valence-corrected chi connectivity index (χ3v) is 7.93. The normalized spacial score (nSPS) is 16.4. The van der Waals surface area contributed by atoms with Crippen LogP contribution in [0.5, 0.6) is 0 Å². The topological polar surface area (TPSA) is 67.2 Å². The van der Waals surface area contributed by atoms with Crippen LogP contribution < -0.4 is 10.2 Å². The van der Waals surface area contributed by atoms with Crippen molar-refractivity contribution >= 4 is 40.7 Å². The van der Waals surface area contributed by atoms with E-state index in [4.69, 9.17) is 5.10 Å². The molecule has 1 N–H and O–H groups in total. The molecule has 1 atom stereocenters. The first-order valence-electron chi connectivity index (χ1n) is 11.9. The van der Waals surface area contributed by atoms with Crippen molar-refractivity contribution in [3.05, 3.63) is 63.0 Å². The van der Waals surface area contributed by atoms with E-state index in [0.717, 1.165) is 33.6 Å². The summed E-state index contributed by atoms with van der Waals surface area (Å²) in [6.07, 6.45) is 0. The van der Waals surface area contributed by atoms with Crippen LogP contribution in [0.25, 0.3) is 5.69 Å². The largest absolute Gasteiger partial charge is 0.352 e. The number of hydrogen-bond donors (Lipinski definition) is 1. The van der Waals surface area contributed by atoms with E-state index in [0.29, 0.717) is 11.6 Å². The number of carbonyl (C=O) groups excluding carboxylic acids is 2. The highest BCUT2D eigenvalue weighted by Gasteiger charge is 2.40. The molecule has 0 unspecified atom stereocenters. The van der Waals surface area contributed by atoms with Crippen molar-refractivity contribution in [2.24, 2.45) is 0 Å². The second-order valence-corrected chi connectivity index (χ2v) is 12.4. The van der Waals surface area contributed by atoms with E-state index in [1.165, 1.54) is 0 Å². The monoisotopic (exact) mass is 510 g/mol. The Morgan fingerprint density at radius 1 is 1.23 bits per heavy atom. The molecule has 186 valence electrons. The Hall–Kier alpha value is -2.58. The van der Waals surface area contributed by atoms with Crippen LogP contribution in [0, 0.1) is 13.8 Å². The number of thioether (sulfide) groups is 1. The van der Waals surface area contributed by atoms with Gasteiger partial charge in [-0.05, 0) is 61.7 Å². The number of fused-ring (bicyclic) bond motifs is 1. The summed E-state index contributed by atoms with van der Waals surface area (Å²) in [5.74, 6) is 0.732. The number of benzene rings is 1. The first-order chi connectivity index (χ1) is 16.5. The van der Waals surface area contributed by atoms with Crippen LogP contribution in [-0.4, -0.2) is 39.9 Å². The number of aryl methyl sites for hydroxylation is 2. The van der Waals surface area contributed by atoms with E-state index in [2.05, 4.69) is 75.0 Å². The Bertz CT molecular complexity index is 1240. The van der Waals surface area contributed by atoms with Gasteiger partial charge in [0, 0.05) is 17.0 Å². The zero-order valence-electron chi connectivity index (χ0n) is 21.5. The van der Waals surface area contributed by atoms with Crippen molar-refractivity contribution in [1.82, 2.24) is 15.1 Å². The summed E-state index contributed by atoms with van der Waals surface area (Å²) in [5, 5.41) is 12.3. The number of carbonyl (C=O) groups is 2. The van der Waals surface area contributed by atoms with Crippen molar-refractivity contribution in [2.45, 2.75) is 65.2 Å². The Labute approximate surface area is 216 Å². The quantitative estimate of drug-likeness (QED) is 0.489.